The molecule has 2 rings (SSSR count). The molecular weight excluding hydrogens is 490 g/mol. The molecule has 6 N–H and O–H groups in total. The van der Waals surface area contributed by atoms with Gasteiger partial charge < -0.3 is 9.79 Å². The average molecular weight is 529 g/mol. The van der Waals surface area contributed by atoms with Crippen LogP contribution in [0.25, 0.3) is 0 Å². The summed E-state index contributed by atoms with van der Waals surface area (Å²) in [6.45, 7) is 3.42. The summed E-state index contributed by atoms with van der Waals surface area (Å²) in [5, 5.41) is -2.09. The summed E-state index contributed by atoms with van der Waals surface area (Å²) in [4.78, 5) is 20.3. The molecule has 4 atom stereocenters. The zero-order chi connectivity index (χ0) is 25.5. The Kier molecular flexibility index (Phi) is 10.5. The van der Waals surface area contributed by atoms with Crippen LogP contribution in [-0.4, -0.2) is 25.5 Å². The quantitative estimate of drug-likeness (QED) is 0.195. The third-order valence-electron chi connectivity index (χ3n) is 6.78. The number of nitrogens with two attached hydrogens (primary N) is 2. The molecule has 0 aliphatic carbocycles. The van der Waals surface area contributed by atoms with Gasteiger partial charge in [-0.3, -0.25) is 24.3 Å². The lowest BCUT2D eigenvalue weighted by molar-refractivity contribution is 0.414. The molecule has 0 amide bonds. The van der Waals surface area contributed by atoms with Gasteiger partial charge in [0.1, 0.15) is 0 Å². The number of hydrogen-bond donors (Lipinski definition) is 4. The summed E-state index contributed by atoms with van der Waals surface area (Å²) in [5.74, 6) is 0.993. The lowest BCUT2D eigenvalue weighted by Gasteiger charge is -2.32. The predicted octanol–water partition coefficient (Wildman–Crippen LogP) is 5.19. The lowest BCUT2D eigenvalue weighted by atomic mass is 9.94. The second kappa shape index (κ2) is 12.2. The Morgan fingerprint density at radius 2 is 1.03 bits per heavy atom. The molecule has 0 saturated carbocycles. The van der Waals surface area contributed by atoms with E-state index in [0.29, 0.717) is 50.0 Å². The van der Waals surface area contributed by atoms with Gasteiger partial charge >= 0.3 is 0 Å². The van der Waals surface area contributed by atoms with Crippen LogP contribution in [0.2, 0.25) is 0 Å². The zero-order valence-electron chi connectivity index (χ0n) is 20.0. The summed E-state index contributed by atoms with van der Waals surface area (Å²) < 4.78 is 37.3. The van der Waals surface area contributed by atoms with E-state index >= 15 is 0 Å². The number of benzene rings is 2. The SMILES string of the molecule is CC(CCCCS(=O)CCCCC(C)(c1ccccc1)P(N)(=O)O)(c1ccccc1)P(N)(=O)O. The molecule has 0 spiro atoms. The molecule has 2 aromatic carbocycles. The number of unbranched alkanes of at least 4 members (excludes halogenated alkanes) is 2. The van der Waals surface area contributed by atoms with E-state index in [4.69, 9.17) is 11.0 Å². The molecule has 34 heavy (non-hydrogen) atoms. The van der Waals surface area contributed by atoms with Crippen LogP contribution in [-0.2, 0) is 30.2 Å². The third-order valence-corrected chi connectivity index (χ3v) is 12.1. The highest BCUT2D eigenvalue weighted by Crippen LogP contribution is 2.57. The first-order valence-corrected chi connectivity index (χ1v) is 16.4. The van der Waals surface area contributed by atoms with Crippen molar-refractivity contribution in [3.05, 3.63) is 71.8 Å². The van der Waals surface area contributed by atoms with E-state index in [1.54, 1.807) is 13.8 Å². The van der Waals surface area contributed by atoms with E-state index in [0.717, 1.165) is 11.1 Å². The molecule has 0 radical (unpaired) electrons. The first-order valence-electron chi connectivity index (χ1n) is 11.5. The molecule has 0 aromatic heterocycles. The molecule has 0 heterocycles. The Balaban J connectivity index is 1.81. The van der Waals surface area contributed by atoms with Crippen molar-refractivity contribution in [1.82, 2.24) is 0 Å². The summed E-state index contributed by atoms with van der Waals surface area (Å²) in [6.07, 6.45) is 3.43. The minimum atomic E-state index is -3.88. The van der Waals surface area contributed by atoms with Crippen LogP contribution in [0, 0.1) is 0 Å². The minimum absolute atomic E-state index is 0.427. The fraction of sp³-hybridized carbons (Fsp3) is 0.500. The second-order valence-corrected chi connectivity index (χ2v) is 15.4. The first-order chi connectivity index (χ1) is 15.8. The van der Waals surface area contributed by atoms with Crippen molar-refractivity contribution < 1.29 is 23.1 Å². The molecular formula is C24H38N2O5P2S. The van der Waals surface area contributed by atoms with Crippen molar-refractivity contribution in [3.8, 4) is 0 Å². The topological polar surface area (TPSA) is 144 Å². The maximum absolute atomic E-state index is 12.5. The van der Waals surface area contributed by atoms with Crippen LogP contribution in [0.5, 0.6) is 0 Å². The normalized spacial score (nSPS) is 19.8. The summed E-state index contributed by atoms with van der Waals surface area (Å²) >= 11 is 0. The van der Waals surface area contributed by atoms with Crippen molar-refractivity contribution in [1.29, 1.82) is 0 Å². The molecule has 2 aromatic rings. The van der Waals surface area contributed by atoms with Gasteiger partial charge in [0.25, 0.3) is 15.0 Å². The van der Waals surface area contributed by atoms with Gasteiger partial charge in [-0.25, -0.2) is 0 Å². The van der Waals surface area contributed by atoms with Gasteiger partial charge in [-0.2, -0.15) is 0 Å². The monoisotopic (exact) mass is 528 g/mol. The van der Waals surface area contributed by atoms with E-state index in [1.165, 1.54) is 0 Å². The van der Waals surface area contributed by atoms with Gasteiger partial charge in [0.15, 0.2) is 0 Å². The van der Waals surface area contributed by atoms with E-state index < -0.39 is 36.2 Å². The third kappa shape index (κ3) is 7.44. The summed E-state index contributed by atoms with van der Waals surface area (Å²) in [7, 11) is -8.79. The second-order valence-electron chi connectivity index (χ2n) is 9.29. The van der Waals surface area contributed by atoms with Crippen molar-refractivity contribution in [2.24, 2.45) is 11.0 Å². The lowest BCUT2D eigenvalue weighted by Crippen LogP contribution is -2.26. The molecule has 10 heteroatoms. The summed E-state index contributed by atoms with van der Waals surface area (Å²) in [6, 6.07) is 18.2. The highest BCUT2D eigenvalue weighted by Gasteiger charge is 2.42. The van der Waals surface area contributed by atoms with E-state index in [1.807, 2.05) is 60.7 Å². The highest BCUT2D eigenvalue weighted by atomic mass is 32.2. The van der Waals surface area contributed by atoms with Gasteiger partial charge in [0.05, 0.1) is 10.3 Å². The van der Waals surface area contributed by atoms with Gasteiger partial charge in [-0.15, -0.1) is 0 Å². The fourth-order valence-corrected chi connectivity index (χ4v) is 7.39. The largest absolute Gasteiger partial charge is 0.333 e. The zero-order valence-corrected chi connectivity index (χ0v) is 22.6. The van der Waals surface area contributed by atoms with Gasteiger partial charge in [-0.1, -0.05) is 73.5 Å². The Bertz CT molecular complexity index is 947. The maximum atomic E-state index is 12.5. The van der Waals surface area contributed by atoms with Crippen molar-refractivity contribution >= 4 is 25.8 Å². The average Bonchev–Trinajstić information content (AvgIpc) is 2.79. The van der Waals surface area contributed by atoms with Crippen LogP contribution in [0.3, 0.4) is 0 Å². The molecule has 0 fully saturated rings. The first kappa shape index (κ1) is 29.1. The molecule has 7 nitrogen and oxygen atoms in total. The maximum Gasteiger partial charge on any atom is 0.274 e. The van der Waals surface area contributed by atoms with Gasteiger partial charge in [0.2, 0.25) is 0 Å². The van der Waals surface area contributed by atoms with Gasteiger partial charge in [0, 0.05) is 22.3 Å². The van der Waals surface area contributed by atoms with Crippen molar-refractivity contribution in [2.45, 2.75) is 62.7 Å². The van der Waals surface area contributed by atoms with E-state index in [-0.39, 0.29) is 0 Å². The minimum Gasteiger partial charge on any atom is -0.333 e. The van der Waals surface area contributed by atoms with Crippen molar-refractivity contribution in [3.63, 3.8) is 0 Å². The number of hydrogen-bond acceptors (Lipinski definition) is 3. The molecule has 0 aliphatic rings. The summed E-state index contributed by atoms with van der Waals surface area (Å²) in [5.41, 5.74) is 12.8. The highest BCUT2D eigenvalue weighted by molar-refractivity contribution is 7.84. The molecule has 0 saturated heterocycles. The van der Waals surface area contributed by atoms with Crippen LogP contribution >= 0.6 is 15.0 Å². The molecule has 4 unspecified atom stereocenters. The Morgan fingerprint density at radius 3 is 1.32 bits per heavy atom. The predicted molar refractivity (Wildman–Crippen MR) is 141 cm³/mol. The Labute approximate surface area is 205 Å². The van der Waals surface area contributed by atoms with Gasteiger partial charge in [-0.05, 0) is 50.7 Å². The fourth-order valence-electron chi connectivity index (χ4n) is 4.14. The van der Waals surface area contributed by atoms with Crippen LogP contribution in [0.1, 0.15) is 63.5 Å². The Morgan fingerprint density at radius 1 is 0.706 bits per heavy atom. The number of rotatable bonds is 14. The smallest absolute Gasteiger partial charge is 0.274 e. The molecule has 0 aliphatic heterocycles. The Hall–Kier alpha value is -1.11. The van der Waals surface area contributed by atoms with Crippen LogP contribution < -0.4 is 11.0 Å². The molecule has 190 valence electrons. The van der Waals surface area contributed by atoms with Crippen LogP contribution in [0.4, 0.5) is 0 Å². The standard InChI is InChI=1S/C24H38N2O5P2S/c1-23(32(25,27)28,21-13-5-3-6-14-21)17-9-11-19-34(31)20-12-10-18-24(2,33(26,29)30)22-15-7-4-8-16-22/h3-8,13-16H,9-12,17-20H2,1-2H3,(H3,25,27,28)(H3,26,29,30). The van der Waals surface area contributed by atoms with Crippen LogP contribution in [0.15, 0.2) is 60.7 Å². The van der Waals surface area contributed by atoms with Crippen molar-refractivity contribution in [2.75, 3.05) is 11.5 Å². The van der Waals surface area contributed by atoms with E-state index in [9.17, 15) is 23.1 Å². The van der Waals surface area contributed by atoms with E-state index in [2.05, 4.69) is 0 Å². The molecule has 0 bridgehead atoms.